The van der Waals surface area contributed by atoms with Gasteiger partial charge in [0.15, 0.2) is 0 Å². The van der Waals surface area contributed by atoms with Gasteiger partial charge in [-0.2, -0.15) is 5.10 Å². The number of aromatic nitrogens is 3. The minimum atomic E-state index is -1.58. The molecule has 3 aromatic rings. The van der Waals surface area contributed by atoms with Crippen molar-refractivity contribution < 1.29 is 14.3 Å². The molecule has 31 heavy (non-hydrogen) atoms. The molecule has 0 radical (unpaired) electrons. The van der Waals surface area contributed by atoms with Gasteiger partial charge in [-0.25, -0.2) is 8.91 Å². The third-order valence-electron chi connectivity index (χ3n) is 5.79. The molecule has 1 atom stereocenters. The molecule has 0 aliphatic heterocycles. The lowest BCUT2D eigenvalue weighted by molar-refractivity contribution is -0.00177. The van der Waals surface area contributed by atoms with Gasteiger partial charge in [0, 0.05) is 35.8 Å². The maximum atomic E-state index is 14.2. The molecular formula is C23H28FN5O2. The fourth-order valence-corrected chi connectivity index (χ4v) is 3.87. The summed E-state index contributed by atoms with van der Waals surface area (Å²) in [6, 6.07) is 6.10. The number of carbonyl (C=O) groups excluding carboxylic acids is 1. The molecule has 3 aromatic heterocycles. The first-order chi connectivity index (χ1) is 14.8. The number of carbonyl (C=O) groups is 1. The second-order valence-electron chi connectivity index (χ2n) is 8.69. The van der Waals surface area contributed by atoms with Crippen LogP contribution in [0.1, 0.15) is 49.9 Å². The number of aliphatic hydroxyl groups is 1. The number of amides is 1. The summed E-state index contributed by atoms with van der Waals surface area (Å²) in [5, 5.41) is 20.4. The van der Waals surface area contributed by atoms with E-state index in [1.54, 1.807) is 16.9 Å². The minimum Gasteiger partial charge on any atom is -0.387 e. The maximum Gasteiger partial charge on any atom is 0.255 e. The highest BCUT2D eigenvalue weighted by molar-refractivity contribution is 6.03. The zero-order chi connectivity index (χ0) is 22.0. The van der Waals surface area contributed by atoms with Crippen LogP contribution in [-0.2, 0) is 0 Å². The molecular weight excluding hydrogens is 397 g/mol. The van der Waals surface area contributed by atoms with E-state index in [0.717, 1.165) is 42.3 Å². The summed E-state index contributed by atoms with van der Waals surface area (Å²) in [6.07, 6.45) is 9.71. The maximum absolute atomic E-state index is 14.2. The number of hydrogen-bond acceptors (Lipinski definition) is 5. The number of nitrogens with one attached hydrogen (secondary N) is 2. The summed E-state index contributed by atoms with van der Waals surface area (Å²) < 4.78 is 15.9. The van der Waals surface area contributed by atoms with Crippen LogP contribution >= 0.6 is 0 Å². The van der Waals surface area contributed by atoms with Gasteiger partial charge in [0.2, 0.25) is 0 Å². The van der Waals surface area contributed by atoms with Gasteiger partial charge in [0.25, 0.3) is 5.91 Å². The number of rotatable bonds is 7. The van der Waals surface area contributed by atoms with Gasteiger partial charge in [0.05, 0.1) is 35.1 Å². The molecule has 4 rings (SSSR count). The molecule has 3 N–H and O–H groups in total. The number of anilines is 1. The quantitative estimate of drug-likeness (QED) is 0.538. The summed E-state index contributed by atoms with van der Waals surface area (Å²) in [5.74, 6) is -0.425. The Kier molecular flexibility index (Phi) is 5.91. The summed E-state index contributed by atoms with van der Waals surface area (Å²) in [4.78, 5) is 17.1. The van der Waals surface area contributed by atoms with Gasteiger partial charge in [-0.3, -0.25) is 9.78 Å². The lowest BCUT2D eigenvalue weighted by Crippen LogP contribution is -2.42. The fraction of sp³-hybridized carbons (Fsp3) is 0.435. The molecule has 8 heteroatoms. The molecule has 1 amide bonds. The Hall–Kier alpha value is -3.00. The van der Waals surface area contributed by atoms with Crippen molar-refractivity contribution in [3.05, 3.63) is 48.5 Å². The van der Waals surface area contributed by atoms with Crippen molar-refractivity contribution in [3.63, 3.8) is 0 Å². The van der Waals surface area contributed by atoms with Gasteiger partial charge in [0.1, 0.15) is 6.17 Å². The second kappa shape index (κ2) is 8.63. The van der Waals surface area contributed by atoms with Crippen molar-refractivity contribution in [1.29, 1.82) is 0 Å². The Labute approximate surface area is 180 Å². The third-order valence-corrected chi connectivity index (χ3v) is 5.79. The van der Waals surface area contributed by atoms with Gasteiger partial charge in [-0.15, -0.1) is 0 Å². The number of hydrogen-bond donors (Lipinski definition) is 3. The van der Waals surface area contributed by atoms with Crippen molar-refractivity contribution in [1.82, 2.24) is 19.9 Å². The van der Waals surface area contributed by atoms with Crippen LogP contribution in [-0.4, -0.2) is 50.0 Å². The number of pyridine rings is 1. The lowest BCUT2D eigenvalue weighted by Gasteiger charge is -2.23. The number of fused-ring (bicyclic) bond motifs is 1. The highest BCUT2D eigenvalue weighted by Crippen LogP contribution is 2.31. The first-order valence-corrected chi connectivity index (χ1v) is 10.7. The summed E-state index contributed by atoms with van der Waals surface area (Å²) in [7, 11) is 0. The van der Waals surface area contributed by atoms with E-state index in [-0.39, 0.29) is 12.6 Å². The van der Waals surface area contributed by atoms with E-state index in [1.165, 1.54) is 20.0 Å². The van der Waals surface area contributed by atoms with Crippen LogP contribution in [0.25, 0.3) is 16.6 Å². The average molecular weight is 426 g/mol. The predicted octanol–water partition coefficient (Wildman–Crippen LogP) is 3.59. The van der Waals surface area contributed by atoms with E-state index in [9.17, 15) is 14.3 Å². The van der Waals surface area contributed by atoms with E-state index in [2.05, 4.69) is 20.7 Å². The Morgan fingerprint density at radius 2 is 2.10 bits per heavy atom. The van der Waals surface area contributed by atoms with E-state index in [0.29, 0.717) is 11.3 Å². The van der Waals surface area contributed by atoms with Crippen LogP contribution in [0.15, 0.2) is 43.0 Å². The van der Waals surface area contributed by atoms with Gasteiger partial charge in [-0.05, 0) is 38.8 Å². The van der Waals surface area contributed by atoms with E-state index < -0.39 is 17.7 Å². The highest BCUT2D eigenvalue weighted by Gasteiger charge is 2.28. The molecule has 0 saturated heterocycles. The largest absolute Gasteiger partial charge is 0.387 e. The Morgan fingerprint density at radius 1 is 1.32 bits per heavy atom. The van der Waals surface area contributed by atoms with Crippen LogP contribution in [0.2, 0.25) is 0 Å². The van der Waals surface area contributed by atoms with Gasteiger partial charge in [-0.1, -0.05) is 18.9 Å². The molecule has 0 spiro atoms. The molecule has 3 heterocycles. The van der Waals surface area contributed by atoms with E-state index in [4.69, 9.17) is 0 Å². The second-order valence-corrected chi connectivity index (χ2v) is 8.69. The van der Waals surface area contributed by atoms with Crippen molar-refractivity contribution in [3.8, 4) is 11.1 Å². The fourth-order valence-electron chi connectivity index (χ4n) is 3.87. The smallest absolute Gasteiger partial charge is 0.255 e. The third kappa shape index (κ3) is 4.69. The molecule has 1 aliphatic rings. The standard InChI is InChI=1S/C23H28FN5O2/c1-23(2,31)20(24)13-26-22(30)18-12-27-29-14-16(15-6-5-9-25-11-15)10-19(29)21(18)28-17-7-3-4-8-17/h5-6,9-12,14,17,20,28,31H,3-4,7-8,13H2,1-2H3,(H,26,30)/t20-/m1/s1. The minimum absolute atomic E-state index is 0.278. The molecule has 1 aliphatic carbocycles. The number of nitrogens with zero attached hydrogens (tertiary/aromatic N) is 3. The first-order valence-electron chi connectivity index (χ1n) is 10.7. The van der Waals surface area contributed by atoms with Crippen LogP contribution in [0, 0.1) is 0 Å². The van der Waals surface area contributed by atoms with Crippen molar-refractivity contribution in [2.24, 2.45) is 0 Å². The zero-order valence-corrected chi connectivity index (χ0v) is 17.8. The van der Waals surface area contributed by atoms with E-state index in [1.807, 2.05) is 24.4 Å². The molecule has 0 unspecified atom stereocenters. The Bertz CT molecular complexity index is 1060. The molecule has 7 nitrogen and oxygen atoms in total. The molecule has 1 fully saturated rings. The predicted molar refractivity (Wildman–Crippen MR) is 118 cm³/mol. The van der Waals surface area contributed by atoms with Crippen LogP contribution in [0.5, 0.6) is 0 Å². The summed E-state index contributed by atoms with van der Waals surface area (Å²) in [5.41, 5.74) is 2.19. The molecule has 164 valence electrons. The zero-order valence-electron chi connectivity index (χ0n) is 17.8. The van der Waals surface area contributed by atoms with Crippen molar-refractivity contribution in [2.45, 2.75) is 57.3 Å². The Balaban J connectivity index is 1.69. The highest BCUT2D eigenvalue weighted by atomic mass is 19.1. The number of alkyl halides is 1. The van der Waals surface area contributed by atoms with Gasteiger partial charge >= 0.3 is 0 Å². The normalized spacial score (nSPS) is 15.9. The van der Waals surface area contributed by atoms with Crippen LogP contribution in [0.4, 0.5) is 10.1 Å². The van der Waals surface area contributed by atoms with E-state index >= 15 is 0 Å². The molecule has 0 bridgehead atoms. The van der Waals surface area contributed by atoms with Crippen molar-refractivity contribution >= 4 is 17.1 Å². The van der Waals surface area contributed by atoms with Crippen LogP contribution in [0.3, 0.4) is 0 Å². The Morgan fingerprint density at radius 3 is 2.77 bits per heavy atom. The average Bonchev–Trinajstić information content (AvgIpc) is 3.41. The van der Waals surface area contributed by atoms with Crippen molar-refractivity contribution in [2.75, 3.05) is 11.9 Å². The lowest BCUT2D eigenvalue weighted by atomic mass is 10.0. The first kappa shape index (κ1) is 21.2. The molecule has 1 saturated carbocycles. The summed E-state index contributed by atoms with van der Waals surface area (Å²) in [6.45, 7) is 2.48. The monoisotopic (exact) mass is 425 g/mol. The topological polar surface area (TPSA) is 91.5 Å². The molecule has 0 aromatic carbocycles. The number of halogens is 1. The van der Waals surface area contributed by atoms with Gasteiger partial charge < -0.3 is 15.7 Å². The summed E-state index contributed by atoms with van der Waals surface area (Å²) >= 11 is 0. The van der Waals surface area contributed by atoms with Crippen LogP contribution < -0.4 is 10.6 Å². The SMILES string of the molecule is CC(C)(O)[C@H](F)CNC(=O)c1cnn2cc(-c3cccnc3)cc2c1NC1CCCC1.